The van der Waals surface area contributed by atoms with Crippen LogP contribution in [-0.2, 0) is 11.3 Å². The Kier molecular flexibility index (Phi) is 4.04. The molecule has 2 aromatic heterocycles. The van der Waals surface area contributed by atoms with Gasteiger partial charge in [0, 0.05) is 18.0 Å². The number of nitrogens with zero attached hydrogens (tertiary/aromatic N) is 3. The lowest BCUT2D eigenvalue weighted by atomic mass is 10.1. The number of hydrogen-bond acceptors (Lipinski definition) is 4. The monoisotopic (exact) mass is 319 g/mol. The fourth-order valence-corrected chi connectivity index (χ4v) is 4.06. The third-order valence-corrected chi connectivity index (χ3v) is 5.58. The van der Waals surface area contributed by atoms with E-state index in [1.54, 1.807) is 18.3 Å². The van der Waals surface area contributed by atoms with Gasteiger partial charge in [0.1, 0.15) is 17.2 Å². The molecular formula is C16H21N3O2S. The SMILES string of the molecule is Cc1sc2nc(C)n(CC(=O)N3CCCCC3)c(=O)c2c1C. The van der Waals surface area contributed by atoms with Crippen molar-refractivity contribution in [3.05, 3.63) is 26.6 Å². The van der Waals surface area contributed by atoms with E-state index < -0.39 is 0 Å². The Bertz CT molecular complexity index is 785. The minimum Gasteiger partial charge on any atom is -0.341 e. The molecule has 0 aromatic carbocycles. The number of aromatic nitrogens is 2. The maximum Gasteiger partial charge on any atom is 0.263 e. The predicted octanol–water partition coefficient (Wildman–Crippen LogP) is 2.40. The molecule has 118 valence electrons. The Morgan fingerprint density at radius 1 is 1.18 bits per heavy atom. The smallest absolute Gasteiger partial charge is 0.263 e. The third-order valence-electron chi connectivity index (χ3n) is 4.48. The van der Waals surface area contributed by atoms with Gasteiger partial charge in [-0.1, -0.05) is 0 Å². The van der Waals surface area contributed by atoms with Crippen LogP contribution in [0.5, 0.6) is 0 Å². The molecule has 2 aromatic rings. The zero-order valence-electron chi connectivity index (χ0n) is 13.3. The van der Waals surface area contributed by atoms with E-state index >= 15 is 0 Å². The average molecular weight is 319 g/mol. The van der Waals surface area contributed by atoms with E-state index in [2.05, 4.69) is 4.98 Å². The molecule has 0 spiro atoms. The summed E-state index contributed by atoms with van der Waals surface area (Å²) in [6.07, 6.45) is 3.29. The molecule has 1 aliphatic heterocycles. The second-order valence-corrected chi connectivity index (χ2v) is 7.16. The van der Waals surface area contributed by atoms with Crippen LogP contribution in [0, 0.1) is 20.8 Å². The normalized spacial score (nSPS) is 15.5. The molecule has 22 heavy (non-hydrogen) atoms. The van der Waals surface area contributed by atoms with Gasteiger partial charge in [-0.05, 0) is 45.6 Å². The topological polar surface area (TPSA) is 55.2 Å². The first-order chi connectivity index (χ1) is 10.5. The summed E-state index contributed by atoms with van der Waals surface area (Å²) in [6.45, 7) is 7.46. The van der Waals surface area contributed by atoms with Gasteiger partial charge in [-0.2, -0.15) is 0 Å². The number of hydrogen-bond donors (Lipinski definition) is 0. The first-order valence-electron chi connectivity index (χ1n) is 7.74. The van der Waals surface area contributed by atoms with Crippen LogP contribution in [0.2, 0.25) is 0 Å². The van der Waals surface area contributed by atoms with Crippen molar-refractivity contribution in [3.63, 3.8) is 0 Å². The first-order valence-corrected chi connectivity index (χ1v) is 8.55. The van der Waals surface area contributed by atoms with Crippen LogP contribution in [-0.4, -0.2) is 33.4 Å². The fraction of sp³-hybridized carbons (Fsp3) is 0.562. The van der Waals surface area contributed by atoms with Crippen LogP contribution in [0.3, 0.4) is 0 Å². The number of thiophene rings is 1. The van der Waals surface area contributed by atoms with Gasteiger partial charge in [0.25, 0.3) is 5.56 Å². The van der Waals surface area contributed by atoms with Crippen molar-refractivity contribution in [3.8, 4) is 0 Å². The number of fused-ring (bicyclic) bond motifs is 1. The summed E-state index contributed by atoms with van der Waals surface area (Å²) in [6, 6.07) is 0. The molecule has 3 heterocycles. The maximum atomic E-state index is 12.8. The van der Waals surface area contributed by atoms with E-state index in [9.17, 15) is 9.59 Å². The van der Waals surface area contributed by atoms with Gasteiger partial charge in [-0.15, -0.1) is 11.3 Å². The Hall–Kier alpha value is -1.69. The molecule has 0 aliphatic carbocycles. The average Bonchev–Trinajstić information content (AvgIpc) is 2.79. The number of carbonyl (C=O) groups excluding carboxylic acids is 1. The molecule has 1 amide bonds. The minimum absolute atomic E-state index is 0.0238. The molecule has 0 bridgehead atoms. The van der Waals surface area contributed by atoms with Gasteiger partial charge in [0.05, 0.1) is 5.39 Å². The van der Waals surface area contributed by atoms with Gasteiger partial charge in [-0.3, -0.25) is 14.2 Å². The number of amides is 1. The van der Waals surface area contributed by atoms with E-state index in [0.717, 1.165) is 41.2 Å². The second kappa shape index (κ2) is 5.83. The molecule has 0 saturated carbocycles. The highest BCUT2D eigenvalue weighted by molar-refractivity contribution is 7.18. The first kappa shape index (κ1) is 15.2. The Morgan fingerprint density at radius 3 is 2.55 bits per heavy atom. The van der Waals surface area contributed by atoms with Gasteiger partial charge in [0.2, 0.25) is 5.91 Å². The van der Waals surface area contributed by atoms with E-state index in [4.69, 9.17) is 0 Å². The number of rotatable bonds is 2. The molecule has 0 radical (unpaired) electrons. The van der Waals surface area contributed by atoms with Crippen LogP contribution in [0.25, 0.3) is 10.2 Å². The molecule has 1 fully saturated rings. The molecule has 0 unspecified atom stereocenters. The summed E-state index contributed by atoms with van der Waals surface area (Å²) in [5, 5.41) is 0.666. The zero-order valence-corrected chi connectivity index (χ0v) is 14.1. The molecule has 0 atom stereocenters. The quantitative estimate of drug-likeness (QED) is 0.854. The van der Waals surface area contributed by atoms with Crippen molar-refractivity contribution in [1.82, 2.24) is 14.5 Å². The second-order valence-electron chi connectivity index (χ2n) is 5.96. The fourth-order valence-electron chi connectivity index (χ4n) is 2.99. The van der Waals surface area contributed by atoms with Gasteiger partial charge in [0.15, 0.2) is 0 Å². The third kappa shape index (κ3) is 2.56. The highest BCUT2D eigenvalue weighted by Gasteiger charge is 2.20. The lowest BCUT2D eigenvalue weighted by molar-refractivity contribution is -0.132. The van der Waals surface area contributed by atoms with Crippen molar-refractivity contribution in [2.75, 3.05) is 13.1 Å². The highest BCUT2D eigenvalue weighted by Crippen LogP contribution is 2.26. The highest BCUT2D eigenvalue weighted by atomic mass is 32.1. The maximum absolute atomic E-state index is 12.8. The molecular weight excluding hydrogens is 298 g/mol. The van der Waals surface area contributed by atoms with Crippen molar-refractivity contribution in [2.45, 2.75) is 46.6 Å². The van der Waals surface area contributed by atoms with Crippen molar-refractivity contribution in [2.24, 2.45) is 0 Å². The van der Waals surface area contributed by atoms with Crippen LogP contribution in [0.4, 0.5) is 0 Å². The van der Waals surface area contributed by atoms with E-state index in [0.29, 0.717) is 11.2 Å². The van der Waals surface area contributed by atoms with E-state index in [1.807, 2.05) is 18.7 Å². The van der Waals surface area contributed by atoms with Crippen molar-refractivity contribution in [1.29, 1.82) is 0 Å². The van der Waals surface area contributed by atoms with Gasteiger partial charge in [-0.25, -0.2) is 4.98 Å². The Balaban J connectivity index is 1.98. The standard InChI is InChI=1S/C16H21N3O2S/c1-10-11(2)22-15-14(10)16(21)19(12(3)17-15)9-13(20)18-7-5-4-6-8-18/h4-9H2,1-3H3. The van der Waals surface area contributed by atoms with E-state index in [-0.39, 0.29) is 18.0 Å². The largest absolute Gasteiger partial charge is 0.341 e. The zero-order chi connectivity index (χ0) is 15.9. The molecule has 5 nitrogen and oxygen atoms in total. The molecule has 1 saturated heterocycles. The molecule has 0 N–H and O–H groups in total. The summed E-state index contributed by atoms with van der Waals surface area (Å²) < 4.78 is 1.53. The van der Waals surface area contributed by atoms with Crippen LogP contribution >= 0.6 is 11.3 Å². The lowest BCUT2D eigenvalue weighted by Gasteiger charge is -2.27. The molecule has 3 rings (SSSR count). The molecule has 6 heteroatoms. The number of piperidine rings is 1. The van der Waals surface area contributed by atoms with Crippen molar-refractivity contribution >= 4 is 27.5 Å². The summed E-state index contributed by atoms with van der Waals surface area (Å²) in [5.74, 6) is 0.639. The Morgan fingerprint density at radius 2 is 1.86 bits per heavy atom. The lowest BCUT2D eigenvalue weighted by Crippen LogP contribution is -2.40. The summed E-state index contributed by atoms with van der Waals surface area (Å²) >= 11 is 1.54. The van der Waals surface area contributed by atoms with Crippen LogP contribution < -0.4 is 5.56 Å². The Labute approximate surface area is 133 Å². The van der Waals surface area contributed by atoms with E-state index in [1.165, 1.54) is 11.0 Å². The number of aryl methyl sites for hydroxylation is 3. The predicted molar refractivity (Wildman–Crippen MR) is 88.5 cm³/mol. The van der Waals surface area contributed by atoms with Crippen LogP contribution in [0.1, 0.15) is 35.5 Å². The summed E-state index contributed by atoms with van der Waals surface area (Å²) in [7, 11) is 0. The van der Waals surface area contributed by atoms with Gasteiger partial charge >= 0.3 is 0 Å². The number of likely N-dealkylation sites (tertiary alicyclic amines) is 1. The van der Waals surface area contributed by atoms with Crippen molar-refractivity contribution < 1.29 is 4.79 Å². The van der Waals surface area contributed by atoms with Crippen LogP contribution in [0.15, 0.2) is 4.79 Å². The molecule has 1 aliphatic rings. The summed E-state index contributed by atoms with van der Waals surface area (Å²) in [5.41, 5.74) is 0.895. The minimum atomic E-state index is -0.0882. The summed E-state index contributed by atoms with van der Waals surface area (Å²) in [4.78, 5) is 33.5. The van der Waals surface area contributed by atoms with Gasteiger partial charge < -0.3 is 4.90 Å². The number of carbonyl (C=O) groups is 1.